The fraction of sp³-hybridized carbons (Fsp3) is 0.222. The minimum Gasteiger partial charge on any atom is -0.361 e. The first kappa shape index (κ1) is 14.4. The van der Waals surface area contributed by atoms with E-state index >= 15 is 0 Å². The van der Waals surface area contributed by atoms with Gasteiger partial charge in [0.15, 0.2) is 0 Å². The molecule has 0 saturated carbocycles. The average Bonchev–Trinajstić information content (AvgIpc) is 2.89. The summed E-state index contributed by atoms with van der Waals surface area (Å²) < 4.78 is 1.18. The van der Waals surface area contributed by atoms with E-state index in [0.717, 1.165) is 19.5 Å². The fourth-order valence-corrected chi connectivity index (χ4v) is 3.21. The number of hydrogen-bond donors (Lipinski definition) is 2. The quantitative estimate of drug-likeness (QED) is 0.653. The van der Waals surface area contributed by atoms with E-state index in [9.17, 15) is 0 Å². The molecular formula is C18H19BrN2. The normalized spacial score (nSPS) is 11.1. The Morgan fingerprint density at radius 1 is 1.10 bits per heavy atom. The Morgan fingerprint density at radius 3 is 2.81 bits per heavy atom. The van der Waals surface area contributed by atoms with Crippen molar-refractivity contribution in [3.63, 3.8) is 0 Å². The topological polar surface area (TPSA) is 27.8 Å². The highest BCUT2D eigenvalue weighted by molar-refractivity contribution is 9.10. The van der Waals surface area contributed by atoms with Gasteiger partial charge >= 0.3 is 0 Å². The first-order valence-electron chi connectivity index (χ1n) is 7.25. The summed E-state index contributed by atoms with van der Waals surface area (Å²) in [5.74, 6) is 0. The lowest BCUT2D eigenvalue weighted by molar-refractivity contribution is 0.686. The van der Waals surface area contributed by atoms with Crippen molar-refractivity contribution < 1.29 is 0 Å². The van der Waals surface area contributed by atoms with Crippen LogP contribution in [-0.2, 0) is 13.0 Å². The third-order valence-electron chi connectivity index (χ3n) is 3.77. The number of aromatic amines is 1. The number of benzene rings is 2. The Bertz CT molecular complexity index is 746. The summed E-state index contributed by atoms with van der Waals surface area (Å²) in [6, 6.07) is 15.0. The first-order valence-corrected chi connectivity index (χ1v) is 8.04. The summed E-state index contributed by atoms with van der Waals surface area (Å²) in [5.41, 5.74) is 5.18. The number of halogens is 1. The third-order valence-corrected chi connectivity index (χ3v) is 4.51. The smallest absolute Gasteiger partial charge is 0.0456 e. The van der Waals surface area contributed by atoms with Crippen molar-refractivity contribution in [1.29, 1.82) is 0 Å². The van der Waals surface area contributed by atoms with Gasteiger partial charge in [-0.15, -0.1) is 0 Å². The average molecular weight is 343 g/mol. The first-order chi connectivity index (χ1) is 10.2. The number of rotatable bonds is 5. The molecule has 0 saturated heterocycles. The van der Waals surface area contributed by atoms with E-state index in [1.165, 1.54) is 32.1 Å². The van der Waals surface area contributed by atoms with Crippen LogP contribution in [0.25, 0.3) is 10.9 Å². The van der Waals surface area contributed by atoms with Gasteiger partial charge in [0.25, 0.3) is 0 Å². The van der Waals surface area contributed by atoms with E-state index in [2.05, 4.69) is 81.8 Å². The molecule has 0 fully saturated rings. The molecule has 0 aliphatic rings. The van der Waals surface area contributed by atoms with Crippen molar-refractivity contribution >= 4 is 26.8 Å². The zero-order chi connectivity index (χ0) is 14.7. The minimum atomic E-state index is 0.892. The second-order valence-corrected chi connectivity index (χ2v) is 6.24. The van der Waals surface area contributed by atoms with E-state index in [1.54, 1.807) is 0 Å². The standard InChI is InChI=1S/C18H19BrN2/c1-13-6-7-15(17(19)10-13)11-20-9-8-14-12-21-18-5-3-2-4-16(14)18/h2-7,10,12,20-21H,8-9,11H2,1H3. The van der Waals surface area contributed by atoms with Crippen molar-refractivity contribution in [3.8, 4) is 0 Å². The van der Waals surface area contributed by atoms with E-state index in [1.807, 2.05) is 0 Å². The summed E-state index contributed by atoms with van der Waals surface area (Å²) in [5, 5.41) is 4.85. The molecule has 2 nitrogen and oxygen atoms in total. The number of nitrogens with one attached hydrogen (secondary N) is 2. The maximum absolute atomic E-state index is 3.63. The number of para-hydroxylation sites is 1. The Hall–Kier alpha value is -1.58. The highest BCUT2D eigenvalue weighted by atomic mass is 79.9. The number of H-pyrrole nitrogens is 1. The Kier molecular flexibility index (Phi) is 4.42. The molecule has 108 valence electrons. The van der Waals surface area contributed by atoms with Crippen molar-refractivity contribution in [1.82, 2.24) is 10.3 Å². The van der Waals surface area contributed by atoms with Crippen LogP contribution < -0.4 is 5.32 Å². The summed E-state index contributed by atoms with van der Waals surface area (Å²) >= 11 is 3.63. The molecule has 1 heterocycles. The predicted octanol–water partition coefficient (Wildman–Crippen LogP) is 4.57. The van der Waals surface area contributed by atoms with Crippen LogP contribution in [0.3, 0.4) is 0 Å². The minimum absolute atomic E-state index is 0.892. The Balaban J connectivity index is 1.57. The van der Waals surface area contributed by atoms with Crippen LogP contribution in [0, 0.1) is 6.92 Å². The second-order valence-electron chi connectivity index (χ2n) is 5.38. The van der Waals surface area contributed by atoms with E-state index in [0.29, 0.717) is 0 Å². The zero-order valence-electron chi connectivity index (χ0n) is 12.1. The van der Waals surface area contributed by atoms with E-state index < -0.39 is 0 Å². The fourth-order valence-electron chi connectivity index (χ4n) is 2.58. The van der Waals surface area contributed by atoms with Gasteiger partial charge in [-0.2, -0.15) is 0 Å². The SMILES string of the molecule is Cc1ccc(CNCCc2c[nH]c3ccccc23)c(Br)c1. The molecule has 3 rings (SSSR count). The monoisotopic (exact) mass is 342 g/mol. The van der Waals surface area contributed by atoms with Crippen LogP contribution in [-0.4, -0.2) is 11.5 Å². The van der Waals surface area contributed by atoms with E-state index in [-0.39, 0.29) is 0 Å². The molecule has 2 N–H and O–H groups in total. The molecule has 21 heavy (non-hydrogen) atoms. The molecule has 0 aliphatic carbocycles. The van der Waals surface area contributed by atoms with Gasteiger partial charge < -0.3 is 10.3 Å². The van der Waals surface area contributed by atoms with Crippen LogP contribution in [0.4, 0.5) is 0 Å². The number of fused-ring (bicyclic) bond motifs is 1. The Morgan fingerprint density at radius 2 is 1.95 bits per heavy atom. The van der Waals surface area contributed by atoms with E-state index in [4.69, 9.17) is 0 Å². The molecule has 0 radical (unpaired) electrons. The predicted molar refractivity (Wildman–Crippen MR) is 92.6 cm³/mol. The molecule has 0 amide bonds. The molecule has 0 bridgehead atoms. The van der Waals surface area contributed by atoms with Crippen LogP contribution in [0.2, 0.25) is 0 Å². The van der Waals surface area contributed by atoms with Gasteiger partial charge in [0.05, 0.1) is 0 Å². The molecule has 0 spiro atoms. The maximum atomic E-state index is 3.63. The molecule has 0 unspecified atom stereocenters. The zero-order valence-corrected chi connectivity index (χ0v) is 13.7. The van der Waals surface area contributed by atoms with Crippen LogP contribution >= 0.6 is 15.9 Å². The van der Waals surface area contributed by atoms with Crippen LogP contribution in [0.1, 0.15) is 16.7 Å². The van der Waals surface area contributed by atoms with Gasteiger partial charge in [-0.1, -0.05) is 46.3 Å². The van der Waals surface area contributed by atoms with Gasteiger partial charge in [-0.3, -0.25) is 0 Å². The molecule has 0 aliphatic heterocycles. The summed E-state index contributed by atoms with van der Waals surface area (Å²) in [6.45, 7) is 3.98. The maximum Gasteiger partial charge on any atom is 0.0456 e. The molecule has 1 aromatic heterocycles. The molecule has 3 aromatic rings. The lowest BCUT2D eigenvalue weighted by Gasteiger charge is -2.07. The van der Waals surface area contributed by atoms with Gasteiger partial charge in [0, 0.05) is 28.1 Å². The molecular weight excluding hydrogens is 324 g/mol. The van der Waals surface area contributed by atoms with Crippen molar-refractivity contribution in [2.24, 2.45) is 0 Å². The van der Waals surface area contributed by atoms with Gasteiger partial charge in [0.1, 0.15) is 0 Å². The lowest BCUT2D eigenvalue weighted by Crippen LogP contribution is -2.16. The molecule has 0 atom stereocenters. The highest BCUT2D eigenvalue weighted by Crippen LogP contribution is 2.19. The van der Waals surface area contributed by atoms with Crippen molar-refractivity contribution in [2.75, 3.05) is 6.54 Å². The second kappa shape index (κ2) is 6.46. The van der Waals surface area contributed by atoms with Crippen LogP contribution in [0.15, 0.2) is 53.1 Å². The number of aromatic nitrogens is 1. The van der Waals surface area contributed by atoms with Crippen LogP contribution in [0.5, 0.6) is 0 Å². The van der Waals surface area contributed by atoms with Crippen molar-refractivity contribution in [3.05, 3.63) is 69.8 Å². The number of hydrogen-bond acceptors (Lipinski definition) is 1. The van der Waals surface area contributed by atoms with Gasteiger partial charge in [-0.05, 0) is 48.7 Å². The molecule has 3 heteroatoms. The highest BCUT2D eigenvalue weighted by Gasteiger charge is 2.03. The lowest BCUT2D eigenvalue weighted by atomic mass is 10.1. The molecule has 2 aromatic carbocycles. The summed E-state index contributed by atoms with van der Waals surface area (Å²) in [4.78, 5) is 3.33. The van der Waals surface area contributed by atoms with Crippen molar-refractivity contribution in [2.45, 2.75) is 19.9 Å². The number of aryl methyl sites for hydroxylation is 1. The van der Waals surface area contributed by atoms with Gasteiger partial charge in [-0.25, -0.2) is 0 Å². The third kappa shape index (κ3) is 3.36. The summed E-state index contributed by atoms with van der Waals surface area (Å²) in [6.07, 6.45) is 3.15. The summed E-state index contributed by atoms with van der Waals surface area (Å²) in [7, 11) is 0. The Labute approximate surface area is 133 Å². The largest absolute Gasteiger partial charge is 0.361 e. The van der Waals surface area contributed by atoms with Gasteiger partial charge in [0.2, 0.25) is 0 Å².